The summed E-state index contributed by atoms with van der Waals surface area (Å²) in [4.78, 5) is 4.77. The first kappa shape index (κ1) is 15.1. The number of nitrogens with zero attached hydrogens (tertiary/aromatic N) is 1. The van der Waals surface area contributed by atoms with E-state index in [9.17, 15) is 0 Å². The normalized spacial score (nSPS) is 11.4. The number of hydrogen-bond donors (Lipinski definition) is 0. The Morgan fingerprint density at radius 3 is 2.29 bits per heavy atom. The van der Waals surface area contributed by atoms with Gasteiger partial charge in [-0.25, -0.2) is 4.99 Å². The van der Waals surface area contributed by atoms with E-state index in [0.717, 1.165) is 15.6 Å². The molecule has 24 heavy (non-hydrogen) atoms. The van der Waals surface area contributed by atoms with Crippen molar-refractivity contribution in [3.05, 3.63) is 89.4 Å². The van der Waals surface area contributed by atoms with Crippen LogP contribution >= 0.6 is 22.9 Å². The molecule has 0 bridgehead atoms. The van der Waals surface area contributed by atoms with Gasteiger partial charge in [-0.1, -0.05) is 72.3 Å². The minimum Gasteiger partial charge on any atom is -0.245 e. The zero-order valence-corrected chi connectivity index (χ0v) is 14.4. The van der Waals surface area contributed by atoms with Gasteiger partial charge in [0, 0.05) is 26.9 Å². The van der Waals surface area contributed by atoms with E-state index in [4.69, 9.17) is 16.6 Å². The van der Waals surface area contributed by atoms with Crippen LogP contribution < -0.4 is 0 Å². The second kappa shape index (κ2) is 6.60. The Morgan fingerprint density at radius 1 is 0.792 bits per heavy atom. The average molecular weight is 348 g/mol. The van der Waals surface area contributed by atoms with Crippen LogP contribution in [0.15, 0.2) is 83.9 Å². The largest absolute Gasteiger partial charge is 0.245 e. The van der Waals surface area contributed by atoms with E-state index in [1.165, 1.54) is 21.2 Å². The molecular formula is C21H14ClNS. The number of aliphatic imine (C=N–C) groups is 1. The van der Waals surface area contributed by atoms with Crippen molar-refractivity contribution in [2.24, 2.45) is 4.99 Å². The van der Waals surface area contributed by atoms with E-state index in [2.05, 4.69) is 48.5 Å². The number of benzene rings is 3. The van der Waals surface area contributed by atoms with Gasteiger partial charge in [-0.3, -0.25) is 0 Å². The van der Waals surface area contributed by atoms with Crippen molar-refractivity contribution in [2.45, 2.75) is 0 Å². The molecule has 0 radical (unpaired) electrons. The minimum atomic E-state index is 0.735. The topological polar surface area (TPSA) is 12.4 Å². The number of rotatable bonds is 3. The molecule has 0 aliphatic rings. The summed E-state index contributed by atoms with van der Waals surface area (Å²) in [5, 5.41) is 3.01. The van der Waals surface area contributed by atoms with E-state index < -0.39 is 0 Å². The maximum Gasteiger partial charge on any atom is 0.125 e. The highest BCUT2D eigenvalue weighted by molar-refractivity contribution is 7.23. The zero-order chi connectivity index (χ0) is 16.4. The molecule has 3 heteroatoms. The average Bonchev–Trinajstić information content (AvgIpc) is 3.00. The second-order valence-electron chi connectivity index (χ2n) is 5.45. The molecular weight excluding hydrogens is 334 g/mol. The molecule has 1 heterocycles. The van der Waals surface area contributed by atoms with Crippen molar-refractivity contribution in [1.82, 2.24) is 0 Å². The Kier molecular flexibility index (Phi) is 4.16. The second-order valence-corrected chi connectivity index (χ2v) is 6.92. The molecule has 116 valence electrons. The molecule has 1 aromatic heterocycles. The fourth-order valence-electron chi connectivity index (χ4n) is 2.69. The maximum atomic E-state index is 5.95. The fraction of sp³-hybridized carbons (Fsp3) is 0. The molecule has 0 saturated heterocycles. The van der Waals surface area contributed by atoms with Crippen molar-refractivity contribution in [1.29, 1.82) is 0 Å². The molecule has 0 atom stereocenters. The van der Waals surface area contributed by atoms with Gasteiger partial charge in [0.1, 0.15) is 5.00 Å². The highest BCUT2D eigenvalue weighted by Gasteiger charge is 2.12. The van der Waals surface area contributed by atoms with Crippen LogP contribution in [0.4, 0.5) is 5.00 Å². The third-order valence-electron chi connectivity index (χ3n) is 3.84. The quantitative estimate of drug-likeness (QED) is 0.355. The van der Waals surface area contributed by atoms with Crippen LogP contribution in [0.2, 0.25) is 5.02 Å². The molecule has 0 aliphatic heterocycles. The third-order valence-corrected chi connectivity index (χ3v) is 5.17. The van der Waals surface area contributed by atoms with Crippen molar-refractivity contribution >= 4 is 44.2 Å². The van der Waals surface area contributed by atoms with Gasteiger partial charge in [-0.2, -0.15) is 0 Å². The molecule has 0 spiro atoms. The van der Waals surface area contributed by atoms with Crippen LogP contribution in [0.1, 0.15) is 5.56 Å². The van der Waals surface area contributed by atoms with Gasteiger partial charge in [0.2, 0.25) is 0 Å². The molecule has 3 aromatic carbocycles. The number of fused-ring (bicyclic) bond motifs is 1. The van der Waals surface area contributed by atoms with Crippen LogP contribution in [0, 0.1) is 0 Å². The molecule has 4 aromatic rings. The lowest BCUT2D eigenvalue weighted by atomic mass is 10.0. The highest BCUT2D eigenvalue weighted by atomic mass is 35.5. The predicted molar refractivity (Wildman–Crippen MR) is 106 cm³/mol. The van der Waals surface area contributed by atoms with Crippen LogP contribution in [-0.2, 0) is 0 Å². The Morgan fingerprint density at radius 2 is 1.50 bits per heavy atom. The van der Waals surface area contributed by atoms with Crippen LogP contribution in [-0.4, -0.2) is 6.21 Å². The van der Waals surface area contributed by atoms with E-state index >= 15 is 0 Å². The Bertz CT molecular complexity index is 1000. The van der Waals surface area contributed by atoms with E-state index in [1.54, 1.807) is 11.3 Å². The van der Waals surface area contributed by atoms with Gasteiger partial charge >= 0.3 is 0 Å². The van der Waals surface area contributed by atoms with Crippen molar-refractivity contribution in [3.8, 4) is 11.1 Å². The van der Waals surface area contributed by atoms with Gasteiger partial charge in [0.15, 0.2) is 0 Å². The Balaban J connectivity index is 1.84. The summed E-state index contributed by atoms with van der Waals surface area (Å²) in [6.07, 6.45) is 1.90. The summed E-state index contributed by atoms with van der Waals surface area (Å²) >= 11 is 7.66. The number of hydrogen-bond acceptors (Lipinski definition) is 2. The van der Waals surface area contributed by atoms with Crippen molar-refractivity contribution in [3.63, 3.8) is 0 Å². The summed E-state index contributed by atoms with van der Waals surface area (Å²) in [6, 6.07) is 26.6. The Hall–Kier alpha value is -2.42. The standard InChI is InChI=1S/C21H14ClNS/c22-17-12-10-15(11-13-17)14-23-21-20(16-6-2-1-3-7-16)18-8-4-5-9-19(18)24-21/h1-14H. The molecule has 0 N–H and O–H groups in total. The molecule has 1 nitrogen and oxygen atoms in total. The number of halogens is 1. The van der Waals surface area contributed by atoms with Gasteiger partial charge < -0.3 is 0 Å². The summed E-state index contributed by atoms with van der Waals surface area (Å²) in [5.41, 5.74) is 3.43. The van der Waals surface area contributed by atoms with E-state index in [1.807, 2.05) is 36.5 Å². The van der Waals surface area contributed by atoms with Gasteiger partial charge in [0.05, 0.1) is 0 Å². The van der Waals surface area contributed by atoms with Crippen molar-refractivity contribution < 1.29 is 0 Å². The molecule has 0 aliphatic carbocycles. The minimum absolute atomic E-state index is 0.735. The molecule has 0 amide bonds. The molecule has 0 fully saturated rings. The first-order valence-corrected chi connectivity index (χ1v) is 8.87. The lowest BCUT2D eigenvalue weighted by Gasteiger charge is -2.01. The first-order valence-electron chi connectivity index (χ1n) is 7.68. The number of thiophene rings is 1. The summed E-state index contributed by atoms with van der Waals surface area (Å²) in [7, 11) is 0. The van der Waals surface area contributed by atoms with Gasteiger partial charge in [0.25, 0.3) is 0 Å². The van der Waals surface area contributed by atoms with E-state index in [0.29, 0.717) is 0 Å². The van der Waals surface area contributed by atoms with Gasteiger partial charge in [-0.05, 0) is 29.3 Å². The molecule has 0 unspecified atom stereocenters. The van der Waals surface area contributed by atoms with Crippen LogP contribution in [0.5, 0.6) is 0 Å². The van der Waals surface area contributed by atoms with Crippen LogP contribution in [0.3, 0.4) is 0 Å². The molecule has 0 saturated carbocycles. The predicted octanol–water partition coefficient (Wildman–Crippen LogP) is 6.97. The maximum absolute atomic E-state index is 5.95. The lowest BCUT2D eigenvalue weighted by Crippen LogP contribution is -1.79. The molecule has 4 rings (SSSR count). The van der Waals surface area contributed by atoms with E-state index in [-0.39, 0.29) is 0 Å². The smallest absolute Gasteiger partial charge is 0.125 e. The Labute approximate surface area is 149 Å². The first-order chi connectivity index (χ1) is 11.8. The highest BCUT2D eigenvalue weighted by Crippen LogP contribution is 2.44. The van der Waals surface area contributed by atoms with Crippen molar-refractivity contribution in [2.75, 3.05) is 0 Å². The van der Waals surface area contributed by atoms with Gasteiger partial charge in [-0.15, -0.1) is 11.3 Å². The SMILES string of the molecule is Clc1ccc(C=Nc2sc3ccccc3c2-c2ccccc2)cc1. The third kappa shape index (κ3) is 2.99. The summed E-state index contributed by atoms with van der Waals surface area (Å²) in [6.45, 7) is 0. The van der Waals surface area contributed by atoms with Crippen LogP contribution in [0.25, 0.3) is 21.2 Å². The summed E-state index contributed by atoms with van der Waals surface area (Å²) < 4.78 is 1.25. The fourth-order valence-corrected chi connectivity index (χ4v) is 3.89. The lowest BCUT2D eigenvalue weighted by molar-refractivity contribution is 1.59. The summed E-state index contributed by atoms with van der Waals surface area (Å²) in [5.74, 6) is 0. The zero-order valence-electron chi connectivity index (χ0n) is 12.8. The monoisotopic (exact) mass is 347 g/mol.